The summed E-state index contributed by atoms with van der Waals surface area (Å²) in [5.74, 6) is 0.935. The average Bonchev–Trinajstić information content (AvgIpc) is 2.29. The van der Waals surface area contributed by atoms with E-state index in [9.17, 15) is 0 Å². The number of methoxy groups -OCH3 is 1. The zero-order chi connectivity index (χ0) is 12.2. The van der Waals surface area contributed by atoms with Crippen LogP contribution < -0.4 is 10.5 Å². The van der Waals surface area contributed by atoms with Crippen molar-refractivity contribution in [3.8, 4) is 5.75 Å². The summed E-state index contributed by atoms with van der Waals surface area (Å²) in [6.45, 7) is 6.61. The van der Waals surface area contributed by atoms with Gasteiger partial charge < -0.3 is 10.5 Å². The molecule has 1 rings (SSSR count). The van der Waals surface area contributed by atoms with Crippen molar-refractivity contribution in [1.29, 1.82) is 0 Å². The summed E-state index contributed by atoms with van der Waals surface area (Å²) < 4.78 is 5.34. The van der Waals surface area contributed by atoms with Crippen LogP contribution in [0.1, 0.15) is 32.8 Å². The van der Waals surface area contributed by atoms with Gasteiger partial charge in [0.25, 0.3) is 0 Å². The molecule has 2 N–H and O–H groups in total. The lowest BCUT2D eigenvalue weighted by atomic mass is 9.79. The second kappa shape index (κ2) is 5.35. The fourth-order valence-electron chi connectivity index (χ4n) is 1.65. The predicted molar refractivity (Wildman–Crippen MR) is 68.7 cm³/mol. The molecule has 0 aliphatic heterocycles. The first-order chi connectivity index (χ1) is 7.51. The largest absolute Gasteiger partial charge is 0.496 e. The van der Waals surface area contributed by atoms with Crippen molar-refractivity contribution in [3.05, 3.63) is 29.8 Å². The molecule has 2 nitrogen and oxygen atoms in total. The fraction of sp³-hybridized carbons (Fsp3) is 0.571. The molecule has 2 heteroatoms. The Bertz CT molecular complexity index is 333. The van der Waals surface area contributed by atoms with E-state index in [4.69, 9.17) is 10.5 Å². The van der Waals surface area contributed by atoms with Gasteiger partial charge in [0, 0.05) is 6.04 Å². The Balaban J connectivity index is 2.80. The van der Waals surface area contributed by atoms with Crippen LogP contribution in [-0.4, -0.2) is 13.2 Å². The van der Waals surface area contributed by atoms with Crippen molar-refractivity contribution in [1.82, 2.24) is 0 Å². The van der Waals surface area contributed by atoms with Gasteiger partial charge in [0.1, 0.15) is 5.75 Å². The van der Waals surface area contributed by atoms with E-state index in [2.05, 4.69) is 26.8 Å². The van der Waals surface area contributed by atoms with Gasteiger partial charge in [0.2, 0.25) is 0 Å². The summed E-state index contributed by atoms with van der Waals surface area (Å²) in [6.07, 6.45) is 1.95. The second-order valence-corrected chi connectivity index (χ2v) is 4.96. The zero-order valence-electron chi connectivity index (χ0n) is 10.8. The van der Waals surface area contributed by atoms with Gasteiger partial charge in [0.15, 0.2) is 0 Å². The van der Waals surface area contributed by atoms with E-state index in [1.807, 2.05) is 18.2 Å². The minimum absolute atomic E-state index is 0.161. The van der Waals surface area contributed by atoms with Gasteiger partial charge in [-0.3, -0.25) is 0 Å². The first-order valence-electron chi connectivity index (χ1n) is 5.88. The van der Waals surface area contributed by atoms with Gasteiger partial charge in [-0.1, -0.05) is 39.0 Å². The number of hydrogen-bond acceptors (Lipinski definition) is 2. The van der Waals surface area contributed by atoms with Crippen molar-refractivity contribution in [2.24, 2.45) is 11.1 Å². The molecule has 1 aromatic rings. The van der Waals surface area contributed by atoms with Crippen LogP contribution in [0.5, 0.6) is 5.75 Å². The number of rotatable bonds is 5. The molecule has 16 heavy (non-hydrogen) atoms. The summed E-state index contributed by atoms with van der Waals surface area (Å²) >= 11 is 0. The molecule has 90 valence electrons. The van der Waals surface area contributed by atoms with Crippen molar-refractivity contribution in [2.45, 2.75) is 39.7 Å². The number of para-hydroxylation sites is 1. The topological polar surface area (TPSA) is 35.2 Å². The Morgan fingerprint density at radius 1 is 1.31 bits per heavy atom. The van der Waals surface area contributed by atoms with E-state index in [0.29, 0.717) is 0 Å². The van der Waals surface area contributed by atoms with E-state index >= 15 is 0 Å². The minimum atomic E-state index is 0.161. The standard InChI is InChI=1S/C14H23NO/c1-5-14(2,3)13(15)10-11-8-6-7-9-12(11)16-4/h6-9,13H,5,10,15H2,1-4H3. The maximum atomic E-state index is 6.26. The normalized spacial score (nSPS) is 13.6. The minimum Gasteiger partial charge on any atom is -0.496 e. The van der Waals surface area contributed by atoms with Crippen LogP contribution in [0.25, 0.3) is 0 Å². The monoisotopic (exact) mass is 221 g/mol. The van der Waals surface area contributed by atoms with Crippen LogP contribution in [0, 0.1) is 5.41 Å². The van der Waals surface area contributed by atoms with Crippen molar-refractivity contribution in [3.63, 3.8) is 0 Å². The van der Waals surface area contributed by atoms with Gasteiger partial charge in [-0.15, -0.1) is 0 Å². The second-order valence-electron chi connectivity index (χ2n) is 4.96. The highest BCUT2D eigenvalue weighted by Gasteiger charge is 2.25. The third-order valence-electron chi connectivity index (χ3n) is 3.55. The van der Waals surface area contributed by atoms with E-state index < -0.39 is 0 Å². The molecular weight excluding hydrogens is 198 g/mol. The Labute approximate surface area is 98.8 Å². The smallest absolute Gasteiger partial charge is 0.122 e. The highest BCUT2D eigenvalue weighted by Crippen LogP contribution is 2.28. The van der Waals surface area contributed by atoms with Crippen LogP contribution in [0.4, 0.5) is 0 Å². The Morgan fingerprint density at radius 2 is 1.94 bits per heavy atom. The molecule has 0 fully saturated rings. The highest BCUT2D eigenvalue weighted by atomic mass is 16.5. The fourth-order valence-corrected chi connectivity index (χ4v) is 1.65. The molecule has 0 aliphatic rings. The third kappa shape index (κ3) is 2.99. The lowest BCUT2D eigenvalue weighted by molar-refractivity contribution is 0.270. The molecule has 0 amide bonds. The van der Waals surface area contributed by atoms with Gasteiger partial charge in [-0.25, -0.2) is 0 Å². The molecule has 0 saturated heterocycles. The summed E-state index contributed by atoms with van der Waals surface area (Å²) in [6, 6.07) is 8.25. The predicted octanol–water partition coefficient (Wildman–Crippen LogP) is 3.00. The quantitative estimate of drug-likeness (QED) is 0.829. The lowest BCUT2D eigenvalue weighted by Gasteiger charge is -2.30. The number of nitrogens with two attached hydrogens (primary N) is 1. The van der Waals surface area contributed by atoms with Crippen LogP contribution >= 0.6 is 0 Å². The summed E-state index contributed by atoms with van der Waals surface area (Å²) in [5.41, 5.74) is 7.62. The van der Waals surface area contributed by atoms with E-state index in [1.54, 1.807) is 7.11 Å². The maximum Gasteiger partial charge on any atom is 0.122 e. The van der Waals surface area contributed by atoms with Crippen molar-refractivity contribution >= 4 is 0 Å². The molecule has 0 aliphatic carbocycles. The Kier molecular flexibility index (Phi) is 4.36. The van der Waals surface area contributed by atoms with Gasteiger partial charge >= 0.3 is 0 Å². The lowest BCUT2D eigenvalue weighted by Crippen LogP contribution is -2.38. The summed E-state index contributed by atoms with van der Waals surface area (Å²) in [7, 11) is 1.70. The zero-order valence-corrected chi connectivity index (χ0v) is 10.8. The van der Waals surface area contributed by atoms with Crippen LogP contribution in [0.3, 0.4) is 0 Å². The average molecular weight is 221 g/mol. The molecule has 0 radical (unpaired) electrons. The van der Waals surface area contributed by atoms with Gasteiger partial charge in [-0.05, 0) is 29.9 Å². The van der Waals surface area contributed by atoms with E-state index in [1.165, 1.54) is 5.56 Å². The number of hydrogen-bond donors (Lipinski definition) is 1. The Morgan fingerprint density at radius 3 is 2.50 bits per heavy atom. The molecule has 0 spiro atoms. The van der Waals surface area contributed by atoms with Crippen LogP contribution in [0.2, 0.25) is 0 Å². The van der Waals surface area contributed by atoms with Gasteiger partial charge in [-0.2, -0.15) is 0 Å². The molecule has 1 aromatic carbocycles. The molecule has 1 atom stereocenters. The SMILES string of the molecule is CCC(C)(C)C(N)Cc1ccccc1OC. The maximum absolute atomic E-state index is 6.26. The molecule has 0 heterocycles. The molecule has 1 unspecified atom stereocenters. The number of benzene rings is 1. The third-order valence-corrected chi connectivity index (χ3v) is 3.55. The van der Waals surface area contributed by atoms with Crippen molar-refractivity contribution in [2.75, 3.05) is 7.11 Å². The highest BCUT2D eigenvalue weighted by molar-refractivity contribution is 5.34. The van der Waals surface area contributed by atoms with Gasteiger partial charge in [0.05, 0.1) is 7.11 Å². The summed E-state index contributed by atoms with van der Waals surface area (Å²) in [5, 5.41) is 0. The first kappa shape index (κ1) is 13.0. The van der Waals surface area contributed by atoms with Crippen molar-refractivity contribution < 1.29 is 4.74 Å². The first-order valence-corrected chi connectivity index (χ1v) is 5.88. The van der Waals surface area contributed by atoms with E-state index in [-0.39, 0.29) is 11.5 Å². The number of ether oxygens (including phenoxy) is 1. The molecule has 0 saturated carbocycles. The molecule has 0 bridgehead atoms. The van der Waals surface area contributed by atoms with E-state index in [0.717, 1.165) is 18.6 Å². The Hall–Kier alpha value is -1.02. The van der Waals surface area contributed by atoms with Crippen LogP contribution in [-0.2, 0) is 6.42 Å². The summed E-state index contributed by atoms with van der Waals surface area (Å²) in [4.78, 5) is 0. The molecular formula is C14H23NO. The van der Waals surface area contributed by atoms with Crippen LogP contribution in [0.15, 0.2) is 24.3 Å². The molecule has 0 aromatic heterocycles.